The molecule has 0 radical (unpaired) electrons. The summed E-state index contributed by atoms with van der Waals surface area (Å²) in [5.74, 6) is 0. The fraction of sp³-hybridized carbons (Fsp3) is 0.471. The average Bonchev–Trinajstić information content (AvgIpc) is 2.25. The molecule has 0 aliphatic heterocycles. The molecule has 0 aliphatic rings. The summed E-state index contributed by atoms with van der Waals surface area (Å²) in [4.78, 5) is 12.1. The lowest BCUT2D eigenvalue weighted by Gasteiger charge is -2.25. The zero-order valence-corrected chi connectivity index (χ0v) is 12.6. The topological polar surface area (TPSA) is 30.2 Å². The zero-order chi connectivity index (χ0) is 14.4. The number of rotatable bonds is 0. The molecule has 102 valence electrons. The van der Waals surface area contributed by atoms with Crippen molar-refractivity contribution < 1.29 is 4.42 Å². The molecule has 2 aromatic rings. The summed E-state index contributed by atoms with van der Waals surface area (Å²) in [5.41, 5.74) is 2.95. The predicted molar refractivity (Wildman–Crippen MR) is 79.9 cm³/mol. The largest absolute Gasteiger partial charge is 0.464 e. The van der Waals surface area contributed by atoms with Crippen LogP contribution in [0.4, 0.5) is 0 Å². The van der Waals surface area contributed by atoms with E-state index in [4.69, 9.17) is 4.42 Å². The highest BCUT2D eigenvalue weighted by Gasteiger charge is 2.24. The van der Waals surface area contributed by atoms with Gasteiger partial charge in [-0.05, 0) is 22.5 Å². The molecule has 2 heteroatoms. The molecule has 0 spiro atoms. The van der Waals surface area contributed by atoms with Crippen LogP contribution in [0.25, 0.3) is 11.0 Å². The molecule has 0 N–H and O–H groups in total. The summed E-state index contributed by atoms with van der Waals surface area (Å²) in [7, 11) is 0. The van der Waals surface area contributed by atoms with Crippen LogP contribution in [0, 0.1) is 0 Å². The third-order valence-electron chi connectivity index (χ3n) is 3.43. The second-order valence-corrected chi connectivity index (χ2v) is 7.19. The van der Waals surface area contributed by atoms with Gasteiger partial charge in [-0.15, -0.1) is 0 Å². The van der Waals surface area contributed by atoms with E-state index in [1.54, 1.807) is 0 Å². The minimum absolute atomic E-state index is 0.0104. The van der Waals surface area contributed by atoms with Crippen molar-refractivity contribution in [2.45, 2.75) is 52.4 Å². The first-order chi connectivity index (χ1) is 8.60. The highest BCUT2D eigenvalue weighted by Crippen LogP contribution is 2.33. The minimum atomic E-state index is -0.0587. The first-order valence-corrected chi connectivity index (χ1v) is 6.67. The lowest BCUT2D eigenvalue weighted by molar-refractivity contribution is 0.543. The highest BCUT2D eigenvalue weighted by molar-refractivity contribution is 5.81. The average molecular weight is 258 g/mol. The van der Waals surface area contributed by atoms with E-state index in [1.807, 2.05) is 6.07 Å². The molecule has 1 aromatic heterocycles. The molecule has 0 bridgehead atoms. The number of fused-ring (bicyclic) bond motifs is 1. The molecular formula is C17H22O2. The van der Waals surface area contributed by atoms with Gasteiger partial charge in [0.15, 0.2) is 5.43 Å². The number of benzene rings is 1. The van der Waals surface area contributed by atoms with Gasteiger partial charge in [0.05, 0.1) is 11.6 Å². The Kier molecular flexibility index (Phi) is 3.08. The maximum absolute atomic E-state index is 12.1. The standard InChI is InChI=1S/C17H22O2/c1-16(2,3)11-9-12-14(18)7-8-19-15(12)13(10-11)17(4,5)6/h7-10H,1-6H3. The molecule has 1 heterocycles. The van der Waals surface area contributed by atoms with Crippen molar-refractivity contribution in [3.8, 4) is 0 Å². The summed E-state index contributed by atoms with van der Waals surface area (Å²) in [5, 5.41) is 0.680. The second kappa shape index (κ2) is 4.22. The Morgan fingerprint density at radius 3 is 2.11 bits per heavy atom. The maximum Gasteiger partial charge on any atom is 0.192 e. The van der Waals surface area contributed by atoms with Gasteiger partial charge in [0, 0.05) is 11.6 Å². The molecule has 0 saturated heterocycles. The molecule has 0 atom stereocenters. The van der Waals surface area contributed by atoms with E-state index in [0.717, 1.165) is 5.56 Å². The fourth-order valence-corrected chi connectivity index (χ4v) is 2.18. The van der Waals surface area contributed by atoms with Crippen LogP contribution < -0.4 is 5.43 Å². The highest BCUT2D eigenvalue weighted by atomic mass is 16.3. The predicted octanol–water partition coefficient (Wildman–Crippen LogP) is 4.39. The van der Waals surface area contributed by atoms with Gasteiger partial charge in [-0.3, -0.25) is 4.79 Å². The Balaban J connectivity index is 2.93. The van der Waals surface area contributed by atoms with Crippen LogP contribution in [-0.4, -0.2) is 0 Å². The van der Waals surface area contributed by atoms with Crippen molar-refractivity contribution in [2.24, 2.45) is 0 Å². The van der Waals surface area contributed by atoms with E-state index in [1.165, 1.54) is 17.9 Å². The fourth-order valence-electron chi connectivity index (χ4n) is 2.18. The van der Waals surface area contributed by atoms with Gasteiger partial charge in [-0.1, -0.05) is 47.6 Å². The molecule has 2 nitrogen and oxygen atoms in total. The molecule has 19 heavy (non-hydrogen) atoms. The molecule has 0 amide bonds. The van der Waals surface area contributed by atoms with Crippen LogP contribution in [0.5, 0.6) is 0 Å². The number of hydrogen-bond acceptors (Lipinski definition) is 2. The Bertz CT molecular complexity index is 664. The zero-order valence-electron chi connectivity index (χ0n) is 12.6. The van der Waals surface area contributed by atoms with E-state index in [9.17, 15) is 4.79 Å². The monoisotopic (exact) mass is 258 g/mol. The first kappa shape index (κ1) is 13.9. The Hall–Kier alpha value is -1.57. The van der Waals surface area contributed by atoms with Crippen molar-refractivity contribution >= 4 is 11.0 Å². The van der Waals surface area contributed by atoms with Crippen LogP contribution in [0.1, 0.15) is 52.7 Å². The van der Waals surface area contributed by atoms with Crippen molar-refractivity contribution in [1.82, 2.24) is 0 Å². The molecule has 2 rings (SSSR count). The van der Waals surface area contributed by atoms with Gasteiger partial charge in [-0.2, -0.15) is 0 Å². The first-order valence-electron chi connectivity index (χ1n) is 6.67. The van der Waals surface area contributed by atoms with E-state index in [-0.39, 0.29) is 16.3 Å². The van der Waals surface area contributed by atoms with Crippen molar-refractivity contribution in [1.29, 1.82) is 0 Å². The summed E-state index contributed by atoms with van der Waals surface area (Å²) < 4.78 is 5.62. The van der Waals surface area contributed by atoms with Gasteiger partial charge in [0.2, 0.25) is 0 Å². The summed E-state index contributed by atoms with van der Waals surface area (Å²) in [6.07, 6.45) is 1.48. The summed E-state index contributed by atoms with van der Waals surface area (Å²) in [6.45, 7) is 12.9. The third-order valence-corrected chi connectivity index (χ3v) is 3.43. The maximum atomic E-state index is 12.1. The van der Waals surface area contributed by atoms with Gasteiger partial charge >= 0.3 is 0 Å². The Labute approximate surface area is 114 Å². The van der Waals surface area contributed by atoms with Crippen LogP contribution in [0.2, 0.25) is 0 Å². The van der Waals surface area contributed by atoms with Crippen molar-refractivity contribution in [2.75, 3.05) is 0 Å². The Morgan fingerprint density at radius 1 is 0.947 bits per heavy atom. The van der Waals surface area contributed by atoms with Crippen LogP contribution in [0.15, 0.2) is 33.7 Å². The van der Waals surface area contributed by atoms with E-state index in [2.05, 4.69) is 47.6 Å². The molecule has 0 aliphatic carbocycles. The number of hydrogen-bond donors (Lipinski definition) is 0. The Morgan fingerprint density at radius 2 is 1.58 bits per heavy atom. The third kappa shape index (κ3) is 2.58. The molecular weight excluding hydrogens is 236 g/mol. The van der Waals surface area contributed by atoms with Gasteiger partial charge < -0.3 is 4.42 Å². The lowest BCUT2D eigenvalue weighted by atomic mass is 9.79. The van der Waals surface area contributed by atoms with Gasteiger partial charge in [0.1, 0.15) is 5.58 Å². The molecule has 0 fully saturated rings. The lowest BCUT2D eigenvalue weighted by Crippen LogP contribution is -2.18. The normalized spacial score (nSPS) is 12.9. The molecule has 0 saturated carbocycles. The van der Waals surface area contributed by atoms with Crippen molar-refractivity contribution in [3.05, 3.63) is 45.8 Å². The smallest absolute Gasteiger partial charge is 0.192 e. The minimum Gasteiger partial charge on any atom is -0.464 e. The van der Waals surface area contributed by atoms with Crippen LogP contribution >= 0.6 is 0 Å². The van der Waals surface area contributed by atoms with Crippen molar-refractivity contribution in [3.63, 3.8) is 0 Å². The van der Waals surface area contributed by atoms with Gasteiger partial charge in [0.25, 0.3) is 0 Å². The molecule has 1 aromatic carbocycles. The van der Waals surface area contributed by atoms with Crippen LogP contribution in [0.3, 0.4) is 0 Å². The summed E-state index contributed by atoms with van der Waals surface area (Å²) in [6, 6.07) is 5.63. The van der Waals surface area contributed by atoms with E-state index >= 15 is 0 Å². The van der Waals surface area contributed by atoms with Crippen LogP contribution in [-0.2, 0) is 10.8 Å². The van der Waals surface area contributed by atoms with E-state index < -0.39 is 0 Å². The second-order valence-electron chi connectivity index (χ2n) is 7.19. The molecule has 0 unspecified atom stereocenters. The van der Waals surface area contributed by atoms with E-state index in [0.29, 0.717) is 11.0 Å². The SMILES string of the molecule is CC(C)(C)c1cc(C(C)(C)C)c2occc(=O)c2c1. The summed E-state index contributed by atoms with van der Waals surface area (Å²) >= 11 is 0. The van der Waals surface area contributed by atoms with Gasteiger partial charge in [-0.25, -0.2) is 0 Å². The quantitative estimate of drug-likeness (QED) is 0.701.